The van der Waals surface area contributed by atoms with Gasteiger partial charge in [0.05, 0.1) is 12.3 Å². The number of rotatable bonds is 5. The first kappa shape index (κ1) is 15.3. The van der Waals surface area contributed by atoms with Crippen LogP contribution in [0.4, 0.5) is 0 Å². The van der Waals surface area contributed by atoms with E-state index in [1.807, 2.05) is 18.2 Å². The van der Waals surface area contributed by atoms with E-state index in [0.29, 0.717) is 0 Å². The maximum Gasteiger partial charge on any atom is 0.213 e. The Balaban J connectivity index is 1.82. The van der Waals surface area contributed by atoms with Gasteiger partial charge >= 0.3 is 0 Å². The zero-order valence-corrected chi connectivity index (χ0v) is 13.1. The number of nitrogens with one attached hydrogen (secondary N) is 1. The van der Waals surface area contributed by atoms with Crippen LogP contribution in [0.1, 0.15) is 58.6 Å². The molecule has 0 amide bonds. The van der Waals surface area contributed by atoms with Crippen LogP contribution < -0.4 is 10.1 Å². The molecule has 0 bridgehead atoms. The van der Waals surface area contributed by atoms with Gasteiger partial charge in [-0.05, 0) is 45.6 Å². The van der Waals surface area contributed by atoms with E-state index in [-0.39, 0.29) is 5.54 Å². The summed E-state index contributed by atoms with van der Waals surface area (Å²) in [5.74, 6) is 1.49. The smallest absolute Gasteiger partial charge is 0.213 e. The summed E-state index contributed by atoms with van der Waals surface area (Å²) >= 11 is 0. The summed E-state index contributed by atoms with van der Waals surface area (Å²) in [6.45, 7) is 8.09. The Morgan fingerprint density at radius 1 is 1.20 bits per heavy atom. The van der Waals surface area contributed by atoms with Crippen molar-refractivity contribution < 1.29 is 4.74 Å². The molecule has 0 radical (unpaired) electrons. The van der Waals surface area contributed by atoms with Gasteiger partial charge in [-0.15, -0.1) is 0 Å². The molecule has 0 aromatic carbocycles. The lowest BCUT2D eigenvalue weighted by Crippen LogP contribution is -2.35. The lowest BCUT2D eigenvalue weighted by Gasteiger charge is -2.22. The van der Waals surface area contributed by atoms with Crippen molar-refractivity contribution in [2.75, 3.05) is 6.61 Å². The highest BCUT2D eigenvalue weighted by Crippen LogP contribution is 2.24. The van der Waals surface area contributed by atoms with E-state index in [4.69, 9.17) is 4.74 Å². The standard InChI is InChI=1S/C17H28N2O/c1-17(2,3)18-12-15-10-7-11-16(19-15)20-13-14-8-5-4-6-9-14/h7,10-11,14,18H,4-6,8-9,12-13H2,1-3H3. The first-order chi connectivity index (χ1) is 9.53. The molecule has 0 spiro atoms. The topological polar surface area (TPSA) is 34.1 Å². The second-order valence-electron chi connectivity index (χ2n) is 6.89. The predicted octanol–water partition coefficient (Wildman–Crippen LogP) is 3.93. The largest absolute Gasteiger partial charge is 0.477 e. The van der Waals surface area contributed by atoms with Crippen LogP contribution in [-0.4, -0.2) is 17.1 Å². The Morgan fingerprint density at radius 2 is 1.95 bits per heavy atom. The monoisotopic (exact) mass is 276 g/mol. The molecule has 2 rings (SSSR count). The average Bonchev–Trinajstić information content (AvgIpc) is 2.44. The number of nitrogens with zero attached hydrogens (tertiary/aromatic N) is 1. The van der Waals surface area contributed by atoms with Crippen LogP contribution >= 0.6 is 0 Å². The lowest BCUT2D eigenvalue weighted by molar-refractivity contribution is 0.202. The zero-order chi connectivity index (χ0) is 14.4. The summed E-state index contributed by atoms with van der Waals surface area (Å²) in [6, 6.07) is 6.04. The van der Waals surface area contributed by atoms with Gasteiger partial charge in [0, 0.05) is 18.2 Å². The molecule has 0 aliphatic heterocycles. The van der Waals surface area contributed by atoms with Crippen molar-refractivity contribution in [1.82, 2.24) is 10.3 Å². The number of hydrogen-bond acceptors (Lipinski definition) is 3. The molecule has 3 nitrogen and oxygen atoms in total. The molecule has 0 atom stereocenters. The Hall–Kier alpha value is -1.09. The molecule has 0 unspecified atom stereocenters. The lowest BCUT2D eigenvalue weighted by atomic mass is 9.90. The van der Waals surface area contributed by atoms with Crippen molar-refractivity contribution in [3.63, 3.8) is 0 Å². The minimum atomic E-state index is 0.112. The first-order valence-corrected chi connectivity index (χ1v) is 7.87. The molecule has 1 fully saturated rings. The van der Waals surface area contributed by atoms with Crippen LogP contribution in [0.15, 0.2) is 18.2 Å². The Morgan fingerprint density at radius 3 is 2.65 bits per heavy atom. The van der Waals surface area contributed by atoms with E-state index in [1.54, 1.807) is 0 Å². The van der Waals surface area contributed by atoms with Gasteiger partial charge in [-0.2, -0.15) is 0 Å². The third-order valence-corrected chi connectivity index (χ3v) is 3.77. The van der Waals surface area contributed by atoms with E-state index in [1.165, 1.54) is 32.1 Å². The highest BCUT2D eigenvalue weighted by atomic mass is 16.5. The summed E-state index contributed by atoms with van der Waals surface area (Å²) in [6.07, 6.45) is 6.73. The third kappa shape index (κ3) is 5.49. The Kier molecular flexibility index (Phi) is 5.41. The van der Waals surface area contributed by atoms with Gasteiger partial charge in [0.15, 0.2) is 0 Å². The van der Waals surface area contributed by atoms with Gasteiger partial charge < -0.3 is 10.1 Å². The number of hydrogen-bond donors (Lipinski definition) is 1. The number of pyridine rings is 1. The molecule has 1 aliphatic carbocycles. The van der Waals surface area contributed by atoms with Crippen molar-refractivity contribution in [1.29, 1.82) is 0 Å². The highest BCUT2D eigenvalue weighted by molar-refractivity contribution is 5.16. The van der Waals surface area contributed by atoms with Crippen molar-refractivity contribution in [2.24, 2.45) is 5.92 Å². The number of aromatic nitrogens is 1. The van der Waals surface area contributed by atoms with Crippen molar-refractivity contribution in [3.05, 3.63) is 23.9 Å². The molecule has 3 heteroatoms. The molecule has 1 heterocycles. The Bertz CT molecular complexity index is 406. The van der Waals surface area contributed by atoms with Crippen LogP contribution in [0.3, 0.4) is 0 Å². The van der Waals surface area contributed by atoms with Gasteiger partial charge in [0.25, 0.3) is 0 Å². The third-order valence-electron chi connectivity index (χ3n) is 3.77. The van der Waals surface area contributed by atoms with E-state index >= 15 is 0 Å². The van der Waals surface area contributed by atoms with Gasteiger partial charge in [-0.25, -0.2) is 4.98 Å². The second kappa shape index (κ2) is 7.07. The summed E-state index contributed by atoms with van der Waals surface area (Å²) < 4.78 is 5.88. The van der Waals surface area contributed by atoms with Crippen molar-refractivity contribution >= 4 is 0 Å². The molecule has 1 aromatic rings. The maximum absolute atomic E-state index is 5.88. The van der Waals surface area contributed by atoms with Gasteiger partial charge in [0.2, 0.25) is 5.88 Å². The SMILES string of the molecule is CC(C)(C)NCc1cccc(OCC2CCCCC2)n1. The molecule has 1 aliphatic rings. The fraction of sp³-hybridized carbons (Fsp3) is 0.706. The summed E-state index contributed by atoms with van der Waals surface area (Å²) in [5.41, 5.74) is 1.15. The van der Waals surface area contributed by atoms with Crippen molar-refractivity contribution in [3.8, 4) is 5.88 Å². The first-order valence-electron chi connectivity index (χ1n) is 7.87. The Labute approximate surface area is 123 Å². The normalized spacial score (nSPS) is 17.1. The van der Waals surface area contributed by atoms with Gasteiger partial charge in [-0.1, -0.05) is 25.3 Å². The minimum Gasteiger partial charge on any atom is -0.477 e. The van der Waals surface area contributed by atoms with Crippen LogP contribution in [-0.2, 0) is 6.54 Å². The van der Waals surface area contributed by atoms with Crippen molar-refractivity contribution in [2.45, 2.75) is 65.0 Å². The van der Waals surface area contributed by atoms with Gasteiger partial charge in [0.1, 0.15) is 0 Å². The summed E-state index contributed by atoms with van der Waals surface area (Å²) in [5, 5.41) is 3.45. The van der Waals surface area contributed by atoms with Crippen LogP contribution in [0.5, 0.6) is 5.88 Å². The van der Waals surface area contributed by atoms with E-state index in [2.05, 4.69) is 31.1 Å². The molecule has 1 N–H and O–H groups in total. The maximum atomic E-state index is 5.88. The predicted molar refractivity (Wildman–Crippen MR) is 82.9 cm³/mol. The highest BCUT2D eigenvalue weighted by Gasteiger charge is 2.14. The minimum absolute atomic E-state index is 0.112. The average molecular weight is 276 g/mol. The van der Waals surface area contributed by atoms with Crippen LogP contribution in [0, 0.1) is 5.92 Å². The van der Waals surface area contributed by atoms with E-state index in [0.717, 1.165) is 30.6 Å². The molecule has 1 aromatic heterocycles. The van der Waals surface area contributed by atoms with Crippen LogP contribution in [0.25, 0.3) is 0 Å². The van der Waals surface area contributed by atoms with E-state index in [9.17, 15) is 0 Å². The molecule has 0 saturated heterocycles. The fourth-order valence-corrected chi connectivity index (χ4v) is 2.55. The summed E-state index contributed by atoms with van der Waals surface area (Å²) in [4.78, 5) is 4.58. The molecule has 112 valence electrons. The van der Waals surface area contributed by atoms with Gasteiger partial charge in [-0.3, -0.25) is 0 Å². The zero-order valence-electron chi connectivity index (χ0n) is 13.1. The molecular weight excluding hydrogens is 248 g/mol. The molecule has 20 heavy (non-hydrogen) atoms. The molecular formula is C17H28N2O. The number of ether oxygens (including phenoxy) is 1. The summed E-state index contributed by atoms with van der Waals surface area (Å²) in [7, 11) is 0. The van der Waals surface area contributed by atoms with E-state index < -0.39 is 0 Å². The van der Waals surface area contributed by atoms with Crippen LogP contribution in [0.2, 0.25) is 0 Å². The molecule has 1 saturated carbocycles. The quantitative estimate of drug-likeness (QED) is 0.885. The second-order valence-corrected chi connectivity index (χ2v) is 6.89. The fourth-order valence-electron chi connectivity index (χ4n) is 2.55.